The van der Waals surface area contributed by atoms with Gasteiger partial charge >= 0.3 is 0 Å². The Morgan fingerprint density at radius 2 is 1.64 bits per heavy atom. The molecule has 0 spiro atoms. The van der Waals surface area contributed by atoms with Gasteiger partial charge < -0.3 is 15.3 Å². The molecule has 7 heteroatoms. The van der Waals surface area contributed by atoms with Crippen molar-refractivity contribution in [3.05, 3.63) is 149 Å². The lowest BCUT2D eigenvalue weighted by atomic mass is 9.88. The number of H-pyrrole nitrogens is 1. The number of hydrogen-bond donors (Lipinski definition) is 2. The van der Waals surface area contributed by atoms with Crippen LogP contribution in [0.25, 0.3) is 10.9 Å². The number of primary amides is 1. The van der Waals surface area contributed by atoms with E-state index in [1.165, 1.54) is 16.7 Å². The maximum absolute atomic E-state index is 12.6. The first-order valence-electron chi connectivity index (χ1n) is 14.4. The SMILES string of the molecule is CCc1ccc(Cn2c(CCc3ccccc3)nnc2[C@H](Cc2c[nH]c3ccccc23)c2cnccc2C(N)=O)cc1. The van der Waals surface area contributed by atoms with Gasteiger partial charge in [-0.15, -0.1) is 10.2 Å². The molecule has 3 heterocycles. The van der Waals surface area contributed by atoms with Crippen LogP contribution in [0, 0.1) is 0 Å². The van der Waals surface area contributed by atoms with Gasteiger partial charge in [-0.1, -0.05) is 79.7 Å². The van der Waals surface area contributed by atoms with Crippen molar-refractivity contribution in [1.82, 2.24) is 24.7 Å². The fourth-order valence-corrected chi connectivity index (χ4v) is 5.70. The van der Waals surface area contributed by atoms with Crippen LogP contribution >= 0.6 is 0 Å². The molecule has 0 fully saturated rings. The van der Waals surface area contributed by atoms with E-state index in [4.69, 9.17) is 15.9 Å². The second-order valence-corrected chi connectivity index (χ2v) is 10.7. The maximum atomic E-state index is 12.6. The van der Waals surface area contributed by atoms with Gasteiger partial charge in [-0.25, -0.2) is 0 Å². The lowest BCUT2D eigenvalue weighted by molar-refractivity contribution is 0.0999. The number of benzene rings is 3. The minimum atomic E-state index is -0.484. The summed E-state index contributed by atoms with van der Waals surface area (Å²) in [5.41, 5.74) is 13.0. The van der Waals surface area contributed by atoms with Gasteiger partial charge in [-0.05, 0) is 59.2 Å². The minimum Gasteiger partial charge on any atom is -0.366 e. The van der Waals surface area contributed by atoms with Crippen molar-refractivity contribution < 1.29 is 4.79 Å². The normalized spacial score (nSPS) is 12.0. The van der Waals surface area contributed by atoms with Crippen molar-refractivity contribution in [2.75, 3.05) is 0 Å². The standard InChI is InChI=1S/C35H34N6O/c1-2-24-12-14-26(15-13-24)23-41-33(17-16-25-8-4-3-5-9-25)39-40-35(41)30(31-22-37-19-18-29(31)34(36)42)20-27-21-38-32-11-7-6-10-28(27)32/h3-15,18-19,21-22,30,38H,2,16-17,20,23H2,1H3,(H2,36,42)/t30-/m1/s1. The number of nitrogens with two attached hydrogens (primary N) is 1. The second kappa shape index (κ2) is 12.2. The Balaban J connectivity index is 1.47. The zero-order chi connectivity index (χ0) is 28.9. The number of aryl methyl sites for hydroxylation is 3. The van der Waals surface area contributed by atoms with E-state index >= 15 is 0 Å². The van der Waals surface area contributed by atoms with Gasteiger partial charge in [-0.2, -0.15) is 0 Å². The first kappa shape index (κ1) is 27.1. The molecular formula is C35H34N6O. The summed E-state index contributed by atoms with van der Waals surface area (Å²) in [4.78, 5) is 20.4. The molecule has 0 radical (unpaired) electrons. The highest BCUT2D eigenvalue weighted by atomic mass is 16.1. The average Bonchev–Trinajstić information content (AvgIpc) is 3.63. The van der Waals surface area contributed by atoms with Gasteiger partial charge in [-0.3, -0.25) is 9.78 Å². The fraction of sp³-hybridized carbons (Fsp3) is 0.200. The molecule has 0 saturated carbocycles. The lowest BCUT2D eigenvalue weighted by Gasteiger charge is -2.21. The molecule has 6 rings (SSSR count). The van der Waals surface area contributed by atoms with E-state index in [1.54, 1.807) is 18.5 Å². The number of carbonyl (C=O) groups is 1. The highest BCUT2D eigenvalue weighted by Crippen LogP contribution is 2.33. The number of carbonyl (C=O) groups excluding carboxylic acids is 1. The van der Waals surface area contributed by atoms with Crippen molar-refractivity contribution in [2.45, 2.75) is 45.1 Å². The highest BCUT2D eigenvalue weighted by Gasteiger charge is 2.28. The Kier molecular flexibility index (Phi) is 7.90. The topological polar surface area (TPSA) is 102 Å². The van der Waals surface area contributed by atoms with Crippen molar-refractivity contribution in [2.24, 2.45) is 5.73 Å². The molecule has 0 bridgehead atoms. The number of fused-ring (bicyclic) bond motifs is 1. The van der Waals surface area contributed by atoms with E-state index in [0.29, 0.717) is 18.5 Å². The van der Waals surface area contributed by atoms with E-state index in [9.17, 15) is 4.79 Å². The molecule has 0 saturated heterocycles. The van der Waals surface area contributed by atoms with E-state index in [2.05, 4.69) is 82.1 Å². The number of rotatable bonds is 11. The summed E-state index contributed by atoms with van der Waals surface area (Å²) in [6.07, 6.45) is 8.57. The van der Waals surface area contributed by atoms with Crippen LogP contribution in [0.3, 0.4) is 0 Å². The largest absolute Gasteiger partial charge is 0.366 e. The van der Waals surface area contributed by atoms with Gasteiger partial charge in [0.15, 0.2) is 0 Å². The van der Waals surface area contributed by atoms with Crippen LogP contribution in [0.4, 0.5) is 0 Å². The Labute approximate surface area is 245 Å². The number of aromatic amines is 1. The molecule has 0 aliphatic heterocycles. The zero-order valence-electron chi connectivity index (χ0n) is 23.7. The Hall–Kier alpha value is -5.04. The molecule has 3 aromatic carbocycles. The summed E-state index contributed by atoms with van der Waals surface area (Å²) in [6, 6.07) is 29.1. The van der Waals surface area contributed by atoms with Gasteiger partial charge in [0.2, 0.25) is 5.91 Å². The molecule has 3 N–H and O–H groups in total. The third kappa shape index (κ3) is 5.72. The van der Waals surface area contributed by atoms with Crippen molar-refractivity contribution >= 4 is 16.8 Å². The van der Waals surface area contributed by atoms with Crippen LogP contribution < -0.4 is 5.73 Å². The van der Waals surface area contributed by atoms with Gasteiger partial charge in [0, 0.05) is 41.5 Å². The summed E-state index contributed by atoms with van der Waals surface area (Å²) in [5.74, 6) is 0.912. The predicted molar refractivity (Wildman–Crippen MR) is 165 cm³/mol. The van der Waals surface area contributed by atoms with E-state index in [0.717, 1.165) is 52.9 Å². The highest BCUT2D eigenvalue weighted by molar-refractivity contribution is 5.94. The smallest absolute Gasteiger partial charge is 0.249 e. The lowest BCUT2D eigenvalue weighted by Crippen LogP contribution is -2.20. The molecule has 6 aromatic rings. The molecule has 1 amide bonds. The molecule has 0 unspecified atom stereocenters. The number of nitrogens with zero attached hydrogens (tertiary/aromatic N) is 4. The average molecular weight is 555 g/mol. The summed E-state index contributed by atoms with van der Waals surface area (Å²) >= 11 is 0. The van der Waals surface area contributed by atoms with E-state index < -0.39 is 5.91 Å². The monoisotopic (exact) mass is 554 g/mol. The molecule has 1 atom stereocenters. The van der Waals surface area contributed by atoms with Gasteiger partial charge in [0.25, 0.3) is 0 Å². The van der Waals surface area contributed by atoms with E-state index in [1.807, 2.05) is 24.4 Å². The summed E-state index contributed by atoms with van der Waals surface area (Å²) in [7, 11) is 0. The number of hydrogen-bond acceptors (Lipinski definition) is 4. The molecule has 0 aliphatic rings. The van der Waals surface area contributed by atoms with Crippen molar-refractivity contribution in [3.63, 3.8) is 0 Å². The van der Waals surface area contributed by atoms with E-state index in [-0.39, 0.29) is 5.92 Å². The molecule has 42 heavy (non-hydrogen) atoms. The summed E-state index contributed by atoms with van der Waals surface area (Å²) < 4.78 is 2.22. The number of nitrogens with one attached hydrogen (secondary N) is 1. The molecular weight excluding hydrogens is 520 g/mol. The van der Waals surface area contributed by atoms with Crippen LogP contribution in [0.1, 0.15) is 62.7 Å². The van der Waals surface area contributed by atoms with Gasteiger partial charge in [0.1, 0.15) is 11.6 Å². The molecule has 210 valence electrons. The first-order valence-corrected chi connectivity index (χ1v) is 14.4. The maximum Gasteiger partial charge on any atom is 0.249 e. The van der Waals surface area contributed by atoms with Crippen molar-refractivity contribution in [1.29, 1.82) is 0 Å². The Morgan fingerprint density at radius 3 is 2.43 bits per heavy atom. The van der Waals surface area contributed by atoms with Crippen LogP contribution in [0.2, 0.25) is 0 Å². The summed E-state index contributed by atoms with van der Waals surface area (Å²) in [5, 5.41) is 10.7. The first-order chi connectivity index (χ1) is 20.6. The van der Waals surface area contributed by atoms with Crippen LogP contribution in [-0.2, 0) is 32.2 Å². The van der Waals surface area contributed by atoms with Crippen LogP contribution in [0.15, 0.2) is 104 Å². The van der Waals surface area contributed by atoms with Crippen LogP contribution in [0.5, 0.6) is 0 Å². The Bertz CT molecular complexity index is 1800. The second-order valence-electron chi connectivity index (χ2n) is 10.7. The molecule has 3 aromatic heterocycles. The quantitative estimate of drug-likeness (QED) is 0.204. The molecule has 0 aliphatic carbocycles. The van der Waals surface area contributed by atoms with Crippen LogP contribution in [-0.4, -0.2) is 30.6 Å². The van der Waals surface area contributed by atoms with Crippen molar-refractivity contribution in [3.8, 4) is 0 Å². The number of aromatic nitrogens is 5. The predicted octanol–water partition coefficient (Wildman–Crippen LogP) is 6.02. The van der Waals surface area contributed by atoms with Gasteiger partial charge in [0.05, 0.1) is 12.5 Å². The minimum absolute atomic E-state index is 0.298. The number of para-hydroxylation sites is 1. The third-order valence-electron chi connectivity index (χ3n) is 8.01. The molecule has 7 nitrogen and oxygen atoms in total. The fourth-order valence-electron chi connectivity index (χ4n) is 5.70. The number of amides is 1. The summed E-state index contributed by atoms with van der Waals surface area (Å²) in [6.45, 7) is 2.78. The zero-order valence-corrected chi connectivity index (χ0v) is 23.7. The third-order valence-corrected chi connectivity index (χ3v) is 8.01. The number of pyridine rings is 1. The Morgan fingerprint density at radius 1 is 0.881 bits per heavy atom.